The Balaban J connectivity index is 2.46. The van der Waals surface area contributed by atoms with Gasteiger partial charge in [0.15, 0.2) is 11.6 Å². The van der Waals surface area contributed by atoms with E-state index in [4.69, 9.17) is 4.74 Å². The molecule has 78 valence electrons. The molecule has 1 nitrogen and oxygen atoms in total. The highest BCUT2D eigenvalue weighted by atomic mass is 19.2. The summed E-state index contributed by atoms with van der Waals surface area (Å²) in [5.74, 6) is -1.76. The summed E-state index contributed by atoms with van der Waals surface area (Å²) in [6.45, 7) is 2.51. The second-order valence-electron chi connectivity index (χ2n) is 3.11. The summed E-state index contributed by atoms with van der Waals surface area (Å²) < 4.78 is 30.8. The van der Waals surface area contributed by atoms with Gasteiger partial charge in [-0.1, -0.05) is 25.8 Å². The van der Waals surface area contributed by atoms with Crippen LogP contribution in [0.1, 0.15) is 26.2 Å². The fourth-order valence-electron chi connectivity index (χ4n) is 1.13. The van der Waals surface area contributed by atoms with Crippen LogP contribution in [-0.2, 0) is 0 Å². The lowest BCUT2D eigenvalue weighted by atomic mass is 10.2. The van der Waals surface area contributed by atoms with E-state index in [1.165, 1.54) is 12.1 Å². The fraction of sp³-hybridized carbons (Fsp3) is 0.455. The summed E-state index contributed by atoms with van der Waals surface area (Å²) in [7, 11) is 0. The fourth-order valence-corrected chi connectivity index (χ4v) is 1.13. The van der Waals surface area contributed by atoms with E-state index in [0.29, 0.717) is 6.61 Å². The Morgan fingerprint density at radius 3 is 2.71 bits per heavy atom. The Morgan fingerprint density at radius 1 is 1.21 bits per heavy atom. The highest BCUT2D eigenvalue weighted by Crippen LogP contribution is 2.19. The first kappa shape index (κ1) is 11.0. The van der Waals surface area contributed by atoms with Crippen LogP contribution in [0.5, 0.6) is 5.75 Å². The van der Waals surface area contributed by atoms with Gasteiger partial charge in [0.05, 0.1) is 6.61 Å². The monoisotopic (exact) mass is 200 g/mol. The number of hydrogen-bond donors (Lipinski definition) is 0. The first-order valence-corrected chi connectivity index (χ1v) is 4.82. The molecule has 1 aromatic carbocycles. The summed E-state index contributed by atoms with van der Waals surface area (Å²) >= 11 is 0. The zero-order valence-corrected chi connectivity index (χ0v) is 8.22. The maximum Gasteiger partial charge on any atom is 0.200 e. The number of halogens is 2. The second kappa shape index (κ2) is 5.58. The lowest BCUT2D eigenvalue weighted by Gasteiger charge is -2.06. The molecule has 1 rings (SSSR count). The number of hydrogen-bond acceptors (Lipinski definition) is 1. The van der Waals surface area contributed by atoms with Gasteiger partial charge in [-0.05, 0) is 18.6 Å². The minimum absolute atomic E-state index is 0.00102. The first-order valence-electron chi connectivity index (χ1n) is 4.82. The summed E-state index contributed by atoms with van der Waals surface area (Å²) in [5, 5.41) is 0. The number of benzene rings is 1. The van der Waals surface area contributed by atoms with Crippen molar-refractivity contribution in [1.82, 2.24) is 0 Å². The van der Waals surface area contributed by atoms with E-state index in [-0.39, 0.29) is 5.75 Å². The molecule has 3 heteroatoms. The third-order valence-corrected chi connectivity index (χ3v) is 1.92. The normalized spacial score (nSPS) is 10.2. The van der Waals surface area contributed by atoms with Gasteiger partial charge in [-0.15, -0.1) is 0 Å². The number of unbranched alkanes of at least 4 members (excludes halogenated alkanes) is 2. The van der Waals surface area contributed by atoms with Crippen LogP contribution in [0, 0.1) is 11.6 Å². The maximum atomic E-state index is 13.0. The van der Waals surface area contributed by atoms with Gasteiger partial charge in [0, 0.05) is 0 Å². The van der Waals surface area contributed by atoms with Crippen LogP contribution in [-0.4, -0.2) is 6.61 Å². The molecule has 0 saturated carbocycles. The highest BCUT2D eigenvalue weighted by molar-refractivity contribution is 5.24. The Hall–Kier alpha value is -1.12. The molecule has 0 aliphatic carbocycles. The molecule has 14 heavy (non-hydrogen) atoms. The topological polar surface area (TPSA) is 9.23 Å². The number of rotatable bonds is 5. The smallest absolute Gasteiger partial charge is 0.200 e. The van der Waals surface area contributed by atoms with Crippen molar-refractivity contribution in [2.75, 3.05) is 6.61 Å². The average molecular weight is 200 g/mol. The van der Waals surface area contributed by atoms with Crippen molar-refractivity contribution in [3.63, 3.8) is 0 Å². The molecule has 0 aliphatic heterocycles. The van der Waals surface area contributed by atoms with Crippen LogP contribution in [0.25, 0.3) is 0 Å². The van der Waals surface area contributed by atoms with Gasteiger partial charge in [-0.2, -0.15) is 4.39 Å². The highest BCUT2D eigenvalue weighted by Gasteiger charge is 2.07. The van der Waals surface area contributed by atoms with E-state index in [2.05, 4.69) is 6.92 Å². The van der Waals surface area contributed by atoms with Gasteiger partial charge in [0.1, 0.15) is 0 Å². The Bertz CT molecular complexity index is 287. The Labute approximate surface area is 82.7 Å². The van der Waals surface area contributed by atoms with Crippen LogP contribution >= 0.6 is 0 Å². The van der Waals surface area contributed by atoms with Gasteiger partial charge in [-0.25, -0.2) is 4.39 Å². The standard InChI is InChI=1S/C11H14F2O/c1-2-3-4-8-14-10-7-5-6-9(12)11(10)13/h5-7H,2-4,8H2,1H3. The van der Waals surface area contributed by atoms with Gasteiger partial charge >= 0.3 is 0 Å². The molecule has 0 unspecified atom stereocenters. The first-order chi connectivity index (χ1) is 6.75. The molecule has 0 fully saturated rings. The molecule has 0 aliphatic rings. The van der Waals surface area contributed by atoms with Crippen molar-refractivity contribution in [2.45, 2.75) is 26.2 Å². The predicted molar refractivity (Wildman–Crippen MR) is 51.4 cm³/mol. The summed E-state index contributed by atoms with van der Waals surface area (Å²) in [5.41, 5.74) is 0. The lowest BCUT2D eigenvalue weighted by molar-refractivity contribution is 0.286. The molecule has 0 radical (unpaired) electrons. The molecular weight excluding hydrogens is 186 g/mol. The molecule has 1 aromatic rings. The molecule has 0 spiro atoms. The second-order valence-corrected chi connectivity index (χ2v) is 3.11. The van der Waals surface area contributed by atoms with Crippen LogP contribution in [0.3, 0.4) is 0 Å². The Morgan fingerprint density at radius 2 is 2.00 bits per heavy atom. The summed E-state index contributed by atoms with van der Waals surface area (Å²) in [6, 6.07) is 3.95. The third-order valence-electron chi connectivity index (χ3n) is 1.92. The van der Waals surface area contributed by atoms with Gasteiger partial charge in [0.25, 0.3) is 0 Å². The van der Waals surface area contributed by atoms with Gasteiger partial charge in [-0.3, -0.25) is 0 Å². The van der Waals surface area contributed by atoms with Crippen LogP contribution in [0.15, 0.2) is 18.2 Å². The molecule has 0 atom stereocenters. The van der Waals surface area contributed by atoms with Crippen molar-refractivity contribution < 1.29 is 13.5 Å². The van der Waals surface area contributed by atoms with E-state index in [1.807, 2.05) is 0 Å². The predicted octanol–water partition coefficient (Wildman–Crippen LogP) is 3.53. The third kappa shape index (κ3) is 2.98. The van der Waals surface area contributed by atoms with E-state index in [0.717, 1.165) is 25.3 Å². The molecule has 0 amide bonds. The largest absolute Gasteiger partial charge is 0.490 e. The van der Waals surface area contributed by atoms with Crippen molar-refractivity contribution >= 4 is 0 Å². The van der Waals surface area contributed by atoms with E-state index < -0.39 is 11.6 Å². The molecule has 0 heterocycles. The van der Waals surface area contributed by atoms with Crippen molar-refractivity contribution in [3.05, 3.63) is 29.8 Å². The maximum absolute atomic E-state index is 13.0. The molecule has 0 aromatic heterocycles. The Kier molecular flexibility index (Phi) is 4.36. The molecule has 0 bridgehead atoms. The van der Waals surface area contributed by atoms with Gasteiger partial charge < -0.3 is 4.74 Å². The minimum Gasteiger partial charge on any atom is -0.490 e. The van der Waals surface area contributed by atoms with Crippen molar-refractivity contribution in [2.24, 2.45) is 0 Å². The molecule has 0 saturated heterocycles. The molecule has 0 N–H and O–H groups in total. The number of ether oxygens (including phenoxy) is 1. The van der Waals surface area contributed by atoms with E-state index in [9.17, 15) is 8.78 Å². The molecular formula is C11H14F2O. The zero-order chi connectivity index (χ0) is 10.4. The summed E-state index contributed by atoms with van der Waals surface area (Å²) in [6.07, 6.45) is 2.98. The van der Waals surface area contributed by atoms with Crippen molar-refractivity contribution in [3.8, 4) is 5.75 Å². The van der Waals surface area contributed by atoms with Crippen LogP contribution in [0.2, 0.25) is 0 Å². The SMILES string of the molecule is CCCCCOc1cccc(F)c1F. The van der Waals surface area contributed by atoms with E-state index in [1.54, 1.807) is 0 Å². The van der Waals surface area contributed by atoms with Crippen molar-refractivity contribution in [1.29, 1.82) is 0 Å². The van der Waals surface area contributed by atoms with Gasteiger partial charge in [0.2, 0.25) is 5.82 Å². The minimum atomic E-state index is -0.899. The van der Waals surface area contributed by atoms with Crippen LogP contribution < -0.4 is 4.74 Å². The summed E-state index contributed by atoms with van der Waals surface area (Å²) in [4.78, 5) is 0. The van der Waals surface area contributed by atoms with Crippen LogP contribution in [0.4, 0.5) is 8.78 Å². The lowest BCUT2D eigenvalue weighted by Crippen LogP contribution is -2.00. The zero-order valence-electron chi connectivity index (χ0n) is 8.22. The average Bonchev–Trinajstić information content (AvgIpc) is 2.19. The quantitative estimate of drug-likeness (QED) is 0.660. The van der Waals surface area contributed by atoms with E-state index >= 15 is 0 Å².